The van der Waals surface area contributed by atoms with Crippen LogP contribution in [-0.4, -0.2) is 12.2 Å². The Labute approximate surface area is 108 Å². The number of hydrogen-bond donors (Lipinski definition) is 1. The van der Waals surface area contributed by atoms with Crippen molar-refractivity contribution in [2.75, 3.05) is 0 Å². The summed E-state index contributed by atoms with van der Waals surface area (Å²) in [5.74, 6) is -0.473. The Morgan fingerprint density at radius 2 is 1.89 bits per heavy atom. The second-order valence-corrected chi connectivity index (χ2v) is 4.68. The van der Waals surface area contributed by atoms with Crippen LogP contribution in [0, 0.1) is 5.82 Å². The van der Waals surface area contributed by atoms with Crippen LogP contribution in [0.15, 0.2) is 18.2 Å². The molecule has 0 saturated heterocycles. The first-order valence-corrected chi connectivity index (χ1v) is 5.84. The smallest absolute Gasteiger partial charge is 0.307 e. The van der Waals surface area contributed by atoms with Gasteiger partial charge in [0.1, 0.15) is 5.82 Å². The Bertz CT molecular complexity index is 406. The molecule has 102 valence electrons. The average Bonchev–Trinajstić information content (AvgIpc) is 2.13. The van der Waals surface area contributed by atoms with E-state index in [9.17, 15) is 17.6 Å². The third-order valence-corrected chi connectivity index (χ3v) is 2.83. The summed E-state index contributed by atoms with van der Waals surface area (Å²) in [5.41, 5.74) is 0.576. The maximum atomic E-state index is 12.8. The molecular weight excluding hydrogens is 270 g/mol. The molecule has 1 N–H and O–H groups in total. The first-order chi connectivity index (χ1) is 8.19. The van der Waals surface area contributed by atoms with Crippen LogP contribution in [0.25, 0.3) is 0 Å². The van der Waals surface area contributed by atoms with E-state index in [1.807, 2.05) is 0 Å². The predicted molar refractivity (Wildman–Crippen MR) is 63.1 cm³/mol. The normalized spacial score (nSPS) is 15.5. The molecule has 0 spiro atoms. The first kappa shape index (κ1) is 15.2. The van der Waals surface area contributed by atoms with Crippen LogP contribution < -0.4 is 5.32 Å². The highest BCUT2D eigenvalue weighted by molar-refractivity contribution is 6.31. The molecule has 18 heavy (non-hydrogen) atoms. The van der Waals surface area contributed by atoms with E-state index in [4.69, 9.17) is 11.6 Å². The zero-order valence-electron chi connectivity index (χ0n) is 9.98. The van der Waals surface area contributed by atoms with Crippen molar-refractivity contribution < 1.29 is 17.6 Å². The van der Waals surface area contributed by atoms with E-state index in [-0.39, 0.29) is 11.1 Å². The zero-order valence-corrected chi connectivity index (χ0v) is 10.7. The van der Waals surface area contributed by atoms with Crippen LogP contribution in [0.4, 0.5) is 17.6 Å². The highest BCUT2D eigenvalue weighted by atomic mass is 35.5. The Morgan fingerprint density at radius 1 is 1.28 bits per heavy atom. The van der Waals surface area contributed by atoms with E-state index >= 15 is 0 Å². The third-order valence-electron chi connectivity index (χ3n) is 2.50. The van der Waals surface area contributed by atoms with E-state index in [0.717, 1.165) is 6.07 Å². The van der Waals surface area contributed by atoms with Gasteiger partial charge in [0.2, 0.25) is 0 Å². The topological polar surface area (TPSA) is 12.0 Å². The van der Waals surface area contributed by atoms with Crippen LogP contribution in [-0.2, 0) is 0 Å². The Balaban J connectivity index is 2.67. The summed E-state index contributed by atoms with van der Waals surface area (Å²) in [4.78, 5) is 0. The SMILES string of the molecule is CC(CC(F)(F)F)NC(C)c1ccc(F)cc1Cl. The lowest BCUT2D eigenvalue weighted by Gasteiger charge is -2.22. The van der Waals surface area contributed by atoms with E-state index in [1.165, 1.54) is 19.1 Å². The van der Waals surface area contributed by atoms with Crippen LogP contribution in [0.2, 0.25) is 5.02 Å². The van der Waals surface area contributed by atoms with Crippen molar-refractivity contribution in [3.8, 4) is 0 Å². The average molecular weight is 284 g/mol. The fourth-order valence-electron chi connectivity index (χ4n) is 1.78. The molecule has 2 atom stereocenters. The zero-order chi connectivity index (χ0) is 13.9. The molecule has 0 amide bonds. The van der Waals surface area contributed by atoms with Gasteiger partial charge in [0.15, 0.2) is 0 Å². The molecule has 1 nitrogen and oxygen atoms in total. The summed E-state index contributed by atoms with van der Waals surface area (Å²) in [6.07, 6.45) is -5.13. The lowest BCUT2D eigenvalue weighted by atomic mass is 10.1. The molecule has 0 heterocycles. The van der Waals surface area contributed by atoms with Crippen molar-refractivity contribution in [2.24, 2.45) is 0 Å². The predicted octanol–water partition coefficient (Wildman–Crippen LogP) is 4.47. The molecule has 0 fully saturated rings. The van der Waals surface area contributed by atoms with Crippen LogP contribution >= 0.6 is 11.6 Å². The molecule has 0 saturated carbocycles. The fraction of sp³-hybridized carbons (Fsp3) is 0.500. The minimum atomic E-state index is -4.21. The van der Waals surface area contributed by atoms with E-state index in [1.54, 1.807) is 6.92 Å². The van der Waals surface area contributed by atoms with Crippen molar-refractivity contribution in [3.63, 3.8) is 0 Å². The summed E-state index contributed by atoms with van der Waals surface area (Å²) in [6, 6.07) is 2.73. The number of alkyl halides is 3. The molecule has 0 aliphatic carbocycles. The van der Waals surface area contributed by atoms with Crippen LogP contribution in [0.1, 0.15) is 31.9 Å². The molecule has 1 aromatic rings. The largest absolute Gasteiger partial charge is 0.390 e. The molecule has 0 aromatic heterocycles. The maximum Gasteiger partial charge on any atom is 0.390 e. The number of benzene rings is 1. The van der Waals surface area contributed by atoms with Gasteiger partial charge in [-0.1, -0.05) is 17.7 Å². The van der Waals surface area contributed by atoms with Crippen molar-refractivity contribution in [1.82, 2.24) is 5.32 Å². The van der Waals surface area contributed by atoms with Gasteiger partial charge in [0.05, 0.1) is 6.42 Å². The maximum absolute atomic E-state index is 12.8. The monoisotopic (exact) mass is 283 g/mol. The minimum absolute atomic E-state index is 0.203. The van der Waals surface area contributed by atoms with Crippen molar-refractivity contribution >= 4 is 11.6 Å². The van der Waals surface area contributed by atoms with Crippen molar-refractivity contribution in [1.29, 1.82) is 0 Å². The fourth-order valence-corrected chi connectivity index (χ4v) is 2.11. The summed E-state index contributed by atoms with van der Waals surface area (Å²) >= 11 is 5.84. The highest BCUT2D eigenvalue weighted by Crippen LogP contribution is 2.26. The molecule has 1 aromatic carbocycles. The Kier molecular flexibility index (Phi) is 4.99. The van der Waals surface area contributed by atoms with Gasteiger partial charge in [0.25, 0.3) is 0 Å². The van der Waals surface area contributed by atoms with Gasteiger partial charge in [0, 0.05) is 17.1 Å². The van der Waals surface area contributed by atoms with Crippen molar-refractivity contribution in [3.05, 3.63) is 34.6 Å². The first-order valence-electron chi connectivity index (χ1n) is 5.47. The van der Waals surface area contributed by atoms with E-state index < -0.39 is 24.5 Å². The summed E-state index contributed by atoms with van der Waals surface area (Å²) in [7, 11) is 0. The second-order valence-electron chi connectivity index (χ2n) is 4.27. The molecule has 0 radical (unpaired) electrons. The second kappa shape index (κ2) is 5.89. The Morgan fingerprint density at radius 3 is 2.39 bits per heavy atom. The summed E-state index contributed by atoms with van der Waals surface area (Å²) < 4.78 is 49.4. The molecule has 6 heteroatoms. The molecule has 0 bridgehead atoms. The Hall–Kier alpha value is -0.810. The van der Waals surface area contributed by atoms with Crippen LogP contribution in [0.3, 0.4) is 0 Å². The lowest BCUT2D eigenvalue weighted by Crippen LogP contribution is -2.33. The standard InChI is InChI=1S/C12H14ClF4N/c1-7(6-12(15,16)17)18-8(2)10-4-3-9(14)5-11(10)13/h3-5,7-8,18H,6H2,1-2H3. The quantitative estimate of drug-likeness (QED) is 0.804. The van der Waals surface area contributed by atoms with Gasteiger partial charge in [-0.2, -0.15) is 13.2 Å². The van der Waals surface area contributed by atoms with Crippen molar-refractivity contribution in [2.45, 2.75) is 38.5 Å². The van der Waals surface area contributed by atoms with Gasteiger partial charge < -0.3 is 5.32 Å². The molecule has 2 unspecified atom stereocenters. The third kappa shape index (κ3) is 4.82. The lowest BCUT2D eigenvalue weighted by molar-refractivity contribution is -0.139. The number of hydrogen-bond acceptors (Lipinski definition) is 1. The minimum Gasteiger partial charge on any atom is -0.307 e. The van der Waals surface area contributed by atoms with E-state index in [0.29, 0.717) is 5.56 Å². The molecule has 0 aliphatic heterocycles. The number of nitrogens with one attached hydrogen (secondary N) is 1. The highest BCUT2D eigenvalue weighted by Gasteiger charge is 2.30. The van der Waals surface area contributed by atoms with Gasteiger partial charge in [-0.15, -0.1) is 0 Å². The van der Waals surface area contributed by atoms with Gasteiger partial charge in [-0.05, 0) is 31.5 Å². The van der Waals surface area contributed by atoms with Gasteiger partial charge in [-0.3, -0.25) is 0 Å². The van der Waals surface area contributed by atoms with Crippen LogP contribution in [0.5, 0.6) is 0 Å². The van der Waals surface area contributed by atoms with Gasteiger partial charge >= 0.3 is 6.18 Å². The number of rotatable bonds is 4. The van der Waals surface area contributed by atoms with Gasteiger partial charge in [-0.25, -0.2) is 4.39 Å². The molecule has 1 rings (SSSR count). The molecule has 0 aliphatic rings. The molecular formula is C12H14ClF4N. The van der Waals surface area contributed by atoms with E-state index in [2.05, 4.69) is 5.32 Å². The summed E-state index contributed by atoms with van der Waals surface area (Å²) in [6.45, 7) is 3.13. The number of halogens is 5. The summed E-state index contributed by atoms with van der Waals surface area (Å²) in [5, 5.41) is 2.99.